The van der Waals surface area contributed by atoms with Gasteiger partial charge in [0.15, 0.2) is 0 Å². The van der Waals surface area contributed by atoms with Crippen LogP contribution in [0.4, 0.5) is 0 Å². The first-order chi connectivity index (χ1) is 9.35. The van der Waals surface area contributed by atoms with Gasteiger partial charge in [0.2, 0.25) is 0 Å². The van der Waals surface area contributed by atoms with Gasteiger partial charge in [-0.05, 0) is 55.0 Å². The topological polar surface area (TPSA) is 21.3 Å². The van der Waals surface area contributed by atoms with E-state index in [2.05, 4.69) is 36.7 Å². The summed E-state index contributed by atoms with van der Waals surface area (Å²) in [5, 5.41) is 3.69. The van der Waals surface area contributed by atoms with Crippen molar-refractivity contribution in [3.05, 3.63) is 29.3 Å². The molecule has 0 aromatic heterocycles. The molecule has 3 heteroatoms. The number of ether oxygens (including phenoxy) is 1. The minimum absolute atomic E-state index is 0.486. The smallest absolute Gasteiger partial charge is 0.122 e. The van der Waals surface area contributed by atoms with Crippen molar-refractivity contribution in [1.29, 1.82) is 0 Å². The summed E-state index contributed by atoms with van der Waals surface area (Å²) in [7, 11) is 0. The van der Waals surface area contributed by atoms with Crippen molar-refractivity contribution < 1.29 is 4.74 Å². The zero-order valence-electron chi connectivity index (χ0n) is 12.1. The van der Waals surface area contributed by atoms with E-state index in [1.54, 1.807) is 0 Å². The Kier molecular flexibility index (Phi) is 6.05. The lowest BCUT2D eigenvalue weighted by atomic mass is 10.0. The maximum Gasteiger partial charge on any atom is 0.122 e. The van der Waals surface area contributed by atoms with Crippen molar-refractivity contribution in [2.24, 2.45) is 0 Å². The maximum atomic E-state index is 5.57. The van der Waals surface area contributed by atoms with E-state index >= 15 is 0 Å². The molecule has 106 valence electrons. The van der Waals surface area contributed by atoms with Gasteiger partial charge >= 0.3 is 0 Å². The molecule has 1 aromatic carbocycles. The van der Waals surface area contributed by atoms with Crippen molar-refractivity contribution >= 4 is 11.8 Å². The SMILES string of the molecule is CCC(NCCCCSC)c1ccc2c(c1)CCO2. The third-order valence-electron chi connectivity index (χ3n) is 3.69. The van der Waals surface area contributed by atoms with Gasteiger partial charge in [0, 0.05) is 12.5 Å². The lowest BCUT2D eigenvalue weighted by Crippen LogP contribution is -2.22. The summed E-state index contributed by atoms with van der Waals surface area (Å²) >= 11 is 1.93. The zero-order valence-corrected chi connectivity index (χ0v) is 12.9. The highest BCUT2D eigenvalue weighted by molar-refractivity contribution is 7.98. The molecule has 19 heavy (non-hydrogen) atoms. The molecule has 1 aliphatic heterocycles. The summed E-state index contributed by atoms with van der Waals surface area (Å²) in [5.41, 5.74) is 2.79. The van der Waals surface area contributed by atoms with E-state index in [0.29, 0.717) is 6.04 Å². The fraction of sp³-hybridized carbons (Fsp3) is 0.625. The van der Waals surface area contributed by atoms with Crippen LogP contribution in [0.5, 0.6) is 5.75 Å². The number of fused-ring (bicyclic) bond motifs is 1. The average molecular weight is 279 g/mol. The predicted molar refractivity (Wildman–Crippen MR) is 84.3 cm³/mol. The fourth-order valence-corrected chi connectivity index (χ4v) is 3.06. The quantitative estimate of drug-likeness (QED) is 0.731. The maximum absolute atomic E-state index is 5.57. The number of unbranched alkanes of at least 4 members (excludes halogenated alkanes) is 1. The molecule has 1 heterocycles. The van der Waals surface area contributed by atoms with Crippen LogP contribution < -0.4 is 10.1 Å². The van der Waals surface area contributed by atoms with Crippen LogP contribution in [-0.4, -0.2) is 25.2 Å². The number of benzene rings is 1. The second-order valence-electron chi connectivity index (χ2n) is 5.08. The van der Waals surface area contributed by atoms with Crippen LogP contribution >= 0.6 is 11.8 Å². The average Bonchev–Trinajstić information content (AvgIpc) is 2.90. The molecule has 1 atom stereocenters. The van der Waals surface area contributed by atoms with Gasteiger partial charge in [-0.3, -0.25) is 0 Å². The number of nitrogens with one attached hydrogen (secondary N) is 1. The second-order valence-corrected chi connectivity index (χ2v) is 6.07. The van der Waals surface area contributed by atoms with Gasteiger partial charge in [-0.25, -0.2) is 0 Å². The molecule has 0 aliphatic carbocycles. The number of rotatable bonds is 8. The molecule has 1 aromatic rings. The Bertz CT molecular complexity index is 394. The molecular weight excluding hydrogens is 254 g/mol. The van der Waals surface area contributed by atoms with Gasteiger partial charge in [-0.1, -0.05) is 19.1 Å². The molecule has 1 aliphatic rings. The van der Waals surface area contributed by atoms with Crippen LogP contribution in [0.25, 0.3) is 0 Å². The number of thioether (sulfide) groups is 1. The monoisotopic (exact) mass is 279 g/mol. The second kappa shape index (κ2) is 7.81. The van der Waals surface area contributed by atoms with Crippen molar-refractivity contribution in [2.45, 2.75) is 38.6 Å². The van der Waals surface area contributed by atoms with Gasteiger partial charge in [-0.2, -0.15) is 11.8 Å². The first-order valence-corrected chi connectivity index (χ1v) is 8.72. The van der Waals surface area contributed by atoms with Gasteiger partial charge in [-0.15, -0.1) is 0 Å². The Labute approximate surface area is 121 Å². The minimum atomic E-state index is 0.486. The van der Waals surface area contributed by atoms with Crippen molar-refractivity contribution in [1.82, 2.24) is 5.32 Å². The molecule has 0 saturated carbocycles. The lowest BCUT2D eigenvalue weighted by molar-refractivity contribution is 0.356. The molecule has 0 amide bonds. The molecule has 1 unspecified atom stereocenters. The molecule has 1 N–H and O–H groups in total. The summed E-state index contributed by atoms with van der Waals surface area (Å²) in [6.45, 7) is 4.22. The first-order valence-electron chi connectivity index (χ1n) is 7.33. The summed E-state index contributed by atoms with van der Waals surface area (Å²) in [6, 6.07) is 7.16. The lowest BCUT2D eigenvalue weighted by Gasteiger charge is -2.18. The third kappa shape index (κ3) is 4.15. The Hall–Kier alpha value is -0.670. The highest BCUT2D eigenvalue weighted by atomic mass is 32.2. The summed E-state index contributed by atoms with van der Waals surface area (Å²) in [6.07, 6.45) is 6.96. The molecule has 0 bridgehead atoms. The van der Waals surface area contributed by atoms with Gasteiger partial charge in [0.25, 0.3) is 0 Å². The Morgan fingerprint density at radius 1 is 1.37 bits per heavy atom. The number of hydrogen-bond acceptors (Lipinski definition) is 3. The van der Waals surface area contributed by atoms with Crippen molar-refractivity contribution in [3.63, 3.8) is 0 Å². The summed E-state index contributed by atoms with van der Waals surface area (Å²) < 4.78 is 5.57. The van der Waals surface area contributed by atoms with Gasteiger partial charge in [0.05, 0.1) is 6.61 Å². The summed E-state index contributed by atoms with van der Waals surface area (Å²) in [4.78, 5) is 0. The largest absolute Gasteiger partial charge is 0.493 e. The predicted octanol–water partition coefficient (Wildman–Crippen LogP) is 3.81. The molecular formula is C16H25NOS. The molecule has 0 saturated heterocycles. The normalized spacial score (nSPS) is 15.1. The van der Waals surface area contributed by atoms with E-state index in [9.17, 15) is 0 Å². The molecule has 2 nitrogen and oxygen atoms in total. The Morgan fingerprint density at radius 3 is 3.05 bits per heavy atom. The molecule has 0 radical (unpaired) electrons. The number of hydrogen-bond donors (Lipinski definition) is 1. The van der Waals surface area contributed by atoms with Gasteiger partial charge < -0.3 is 10.1 Å². The highest BCUT2D eigenvalue weighted by Gasteiger charge is 2.15. The molecule has 0 spiro atoms. The highest BCUT2D eigenvalue weighted by Crippen LogP contribution is 2.29. The van der Waals surface area contributed by atoms with E-state index in [1.807, 2.05) is 11.8 Å². The van der Waals surface area contributed by atoms with E-state index in [-0.39, 0.29) is 0 Å². The Balaban J connectivity index is 1.86. The van der Waals surface area contributed by atoms with Crippen LogP contribution in [0.2, 0.25) is 0 Å². The van der Waals surface area contributed by atoms with E-state index in [1.165, 1.54) is 29.7 Å². The first kappa shape index (κ1) is 14.7. The van der Waals surface area contributed by atoms with Crippen LogP contribution in [-0.2, 0) is 6.42 Å². The van der Waals surface area contributed by atoms with E-state index in [4.69, 9.17) is 4.74 Å². The molecule has 2 rings (SSSR count). The fourth-order valence-electron chi connectivity index (χ4n) is 2.57. The standard InChI is InChI=1S/C16H25NOS/c1-3-15(17-9-4-5-11-19-2)13-6-7-16-14(12-13)8-10-18-16/h6-7,12,15,17H,3-5,8-11H2,1-2H3. The van der Waals surface area contributed by atoms with Crippen molar-refractivity contribution in [2.75, 3.05) is 25.2 Å². The molecule has 0 fully saturated rings. The van der Waals surface area contributed by atoms with Crippen molar-refractivity contribution in [3.8, 4) is 5.75 Å². The zero-order chi connectivity index (χ0) is 13.5. The van der Waals surface area contributed by atoms with Crippen LogP contribution in [0, 0.1) is 0 Å². The Morgan fingerprint density at radius 2 is 2.26 bits per heavy atom. The van der Waals surface area contributed by atoms with Gasteiger partial charge in [0.1, 0.15) is 5.75 Å². The third-order valence-corrected chi connectivity index (χ3v) is 4.39. The van der Waals surface area contributed by atoms with Crippen LogP contribution in [0.15, 0.2) is 18.2 Å². The minimum Gasteiger partial charge on any atom is -0.493 e. The van der Waals surface area contributed by atoms with E-state index < -0.39 is 0 Å². The van der Waals surface area contributed by atoms with Crippen LogP contribution in [0.3, 0.4) is 0 Å². The van der Waals surface area contributed by atoms with Crippen LogP contribution in [0.1, 0.15) is 43.4 Å². The van der Waals surface area contributed by atoms with E-state index in [0.717, 1.165) is 31.7 Å². The summed E-state index contributed by atoms with van der Waals surface area (Å²) in [5.74, 6) is 2.35.